The Hall–Kier alpha value is -2.39. The van der Waals surface area contributed by atoms with Crippen molar-refractivity contribution >= 4 is 5.97 Å². The summed E-state index contributed by atoms with van der Waals surface area (Å²) < 4.78 is 5.24. The van der Waals surface area contributed by atoms with Gasteiger partial charge in [-0.3, -0.25) is 0 Å². The van der Waals surface area contributed by atoms with Crippen molar-refractivity contribution in [3.8, 4) is 16.9 Å². The van der Waals surface area contributed by atoms with Crippen LogP contribution >= 0.6 is 0 Å². The lowest BCUT2D eigenvalue weighted by molar-refractivity contribution is -0.130. The van der Waals surface area contributed by atoms with Gasteiger partial charge in [0.25, 0.3) is 0 Å². The zero-order valence-electron chi connectivity index (χ0n) is 23.5. The molecular weight excluding hydrogens is 468 g/mol. The lowest BCUT2D eigenvalue weighted by Crippen LogP contribution is -2.17. The van der Waals surface area contributed by atoms with Crippen LogP contribution in [0.25, 0.3) is 11.1 Å². The molecule has 1 N–H and O–H groups in total. The van der Waals surface area contributed by atoms with Crippen molar-refractivity contribution in [1.29, 1.82) is 0 Å². The molecular formula is C35H48O3. The van der Waals surface area contributed by atoms with E-state index in [-0.39, 0.29) is 5.57 Å². The molecule has 2 aliphatic carbocycles. The number of carbonyl (C=O) groups excluding carboxylic acids is 1. The molecule has 3 nitrogen and oxygen atoms in total. The zero-order valence-corrected chi connectivity index (χ0v) is 23.5. The standard InChI is InChI=1S/C35H48O3/c1-3-4-5-6-27-7-9-28(10-8-27)11-12-29-13-15-30(16-14-29)31-17-19-32(20-18-31)33-21-23-34(24-22-33)38-35(37)26(2)25-36/h17-24,27-30,36H,2-16,25H2,1H3. The highest BCUT2D eigenvalue weighted by molar-refractivity contribution is 5.89. The maximum absolute atomic E-state index is 11.8. The van der Waals surface area contributed by atoms with Gasteiger partial charge >= 0.3 is 5.97 Å². The van der Waals surface area contributed by atoms with E-state index in [1.165, 1.54) is 101 Å². The summed E-state index contributed by atoms with van der Waals surface area (Å²) in [4.78, 5) is 11.8. The highest BCUT2D eigenvalue weighted by Crippen LogP contribution is 2.40. The summed E-state index contributed by atoms with van der Waals surface area (Å²) in [5.74, 6) is 3.53. The van der Waals surface area contributed by atoms with Gasteiger partial charge in [-0.1, -0.05) is 114 Å². The molecule has 2 aromatic rings. The molecule has 3 heteroatoms. The van der Waals surface area contributed by atoms with Crippen LogP contribution in [0, 0.1) is 17.8 Å². The average Bonchev–Trinajstić information content (AvgIpc) is 2.97. The predicted octanol–water partition coefficient (Wildman–Crippen LogP) is 9.25. The van der Waals surface area contributed by atoms with Gasteiger partial charge in [-0.2, -0.15) is 0 Å². The van der Waals surface area contributed by atoms with Gasteiger partial charge in [-0.05, 0) is 78.2 Å². The molecule has 0 atom stereocenters. The topological polar surface area (TPSA) is 46.5 Å². The van der Waals surface area contributed by atoms with E-state index in [0.29, 0.717) is 11.7 Å². The third kappa shape index (κ3) is 8.30. The second kappa shape index (κ2) is 14.7. The fourth-order valence-electron chi connectivity index (χ4n) is 6.65. The van der Waals surface area contributed by atoms with Crippen molar-refractivity contribution in [2.24, 2.45) is 17.8 Å². The highest BCUT2D eigenvalue weighted by Gasteiger charge is 2.25. The second-order valence-corrected chi connectivity index (χ2v) is 12.0. The maximum Gasteiger partial charge on any atom is 0.341 e. The first-order valence-electron chi connectivity index (χ1n) is 15.3. The summed E-state index contributed by atoms with van der Waals surface area (Å²) >= 11 is 0. The number of esters is 1. The van der Waals surface area contributed by atoms with Gasteiger partial charge in [0.15, 0.2) is 0 Å². The van der Waals surface area contributed by atoms with Crippen LogP contribution in [0.1, 0.15) is 108 Å². The molecule has 2 aliphatic rings. The van der Waals surface area contributed by atoms with Gasteiger partial charge in [0.1, 0.15) is 5.75 Å². The van der Waals surface area contributed by atoms with Crippen molar-refractivity contribution in [3.05, 3.63) is 66.2 Å². The molecule has 2 fully saturated rings. The molecule has 0 unspecified atom stereocenters. The molecule has 0 aromatic heterocycles. The average molecular weight is 517 g/mol. The first-order valence-corrected chi connectivity index (χ1v) is 15.3. The summed E-state index contributed by atoms with van der Waals surface area (Å²) in [5.41, 5.74) is 3.78. The quantitative estimate of drug-likeness (QED) is 0.132. The van der Waals surface area contributed by atoms with Crippen molar-refractivity contribution < 1.29 is 14.6 Å². The maximum atomic E-state index is 11.8. The van der Waals surface area contributed by atoms with Crippen LogP contribution in [0.15, 0.2) is 60.7 Å². The zero-order chi connectivity index (χ0) is 26.7. The van der Waals surface area contributed by atoms with Crippen LogP contribution in [-0.4, -0.2) is 17.7 Å². The van der Waals surface area contributed by atoms with Crippen molar-refractivity contribution in [1.82, 2.24) is 0 Å². The van der Waals surface area contributed by atoms with Crippen LogP contribution < -0.4 is 4.74 Å². The summed E-state index contributed by atoms with van der Waals surface area (Å²) in [6, 6.07) is 16.5. The predicted molar refractivity (Wildman–Crippen MR) is 157 cm³/mol. The minimum Gasteiger partial charge on any atom is -0.423 e. The van der Waals surface area contributed by atoms with Gasteiger partial charge in [0.05, 0.1) is 12.2 Å². The van der Waals surface area contributed by atoms with Crippen molar-refractivity contribution in [2.75, 3.05) is 6.61 Å². The number of benzene rings is 2. The van der Waals surface area contributed by atoms with E-state index < -0.39 is 12.6 Å². The van der Waals surface area contributed by atoms with E-state index in [4.69, 9.17) is 9.84 Å². The molecule has 2 aromatic carbocycles. The van der Waals surface area contributed by atoms with E-state index in [2.05, 4.69) is 37.8 Å². The number of rotatable bonds is 12. The van der Waals surface area contributed by atoms with E-state index in [1.807, 2.05) is 12.1 Å². The largest absolute Gasteiger partial charge is 0.423 e. The molecule has 4 rings (SSSR count). The van der Waals surface area contributed by atoms with E-state index in [9.17, 15) is 4.79 Å². The van der Waals surface area contributed by atoms with Gasteiger partial charge < -0.3 is 9.84 Å². The molecule has 38 heavy (non-hydrogen) atoms. The van der Waals surface area contributed by atoms with Crippen LogP contribution in [0.4, 0.5) is 0 Å². The van der Waals surface area contributed by atoms with Gasteiger partial charge in [-0.25, -0.2) is 4.79 Å². The molecule has 0 spiro atoms. The fraction of sp³-hybridized carbons (Fsp3) is 0.571. The number of hydrogen-bond acceptors (Lipinski definition) is 3. The Labute approximate surface area is 230 Å². The lowest BCUT2D eigenvalue weighted by atomic mass is 9.74. The van der Waals surface area contributed by atoms with Gasteiger partial charge in [0, 0.05) is 0 Å². The molecule has 0 bridgehead atoms. The molecule has 0 heterocycles. The first kappa shape index (κ1) is 28.6. The normalized spacial score (nSPS) is 23.6. The summed E-state index contributed by atoms with van der Waals surface area (Å²) in [5, 5.41) is 9.01. The Kier molecular flexibility index (Phi) is 11.1. The van der Waals surface area contributed by atoms with E-state index >= 15 is 0 Å². The van der Waals surface area contributed by atoms with Crippen molar-refractivity contribution in [2.45, 2.75) is 103 Å². The SMILES string of the molecule is C=C(CO)C(=O)Oc1ccc(-c2ccc(C3CCC(CCC4CCC(CCCCC)CC4)CC3)cc2)cc1. The summed E-state index contributed by atoms with van der Waals surface area (Å²) in [6.45, 7) is 5.41. The fourth-order valence-corrected chi connectivity index (χ4v) is 6.65. The monoisotopic (exact) mass is 516 g/mol. The smallest absolute Gasteiger partial charge is 0.341 e. The first-order chi connectivity index (χ1) is 18.6. The Morgan fingerprint density at radius 2 is 1.26 bits per heavy atom. The Morgan fingerprint density at radius 3 is 1.79 bits per heavy atom. The number of ether oxygens (including phenoxy) is 1. The Balaban J connectivity index is 1.18. The minimum absolute atomic E-state index is 0.0501. The Morgan fingerprint density at radius 1 is 0.763 bits per heavy atom. The molecule has 0 aliphatic heterocycles. The number of aliphatic hydroxyl groups excluding tert-OH is 1. The number of hydrogen-bond donors (Lipinski definition) is 1. The third-order valence-corrected chi connectivity index (χ3v) is 9.27. The van der Waals surface area contributed by atoms with E-state index in [1.54, 1.807) is 12.1 Å². The molecule has 0 amide bonds. The van der Waals surface area contributed by atoms with Crippen LogP contribution in [0.2, 0.25) is 0 Å². The molecule has 0 radical (unpaired) electrons. The number of carbonyl (C=O) groups is 1. The lowest BCUT2D eigenvalue weighted by Gasteiger charge is -2.32. The van der Waals surface area contributed by atoms with Crippen LogP contribution in [0.3, 0.4) is 0 Å². The third-order valence-electron chi connectivity index (χ3n) is 9.27. The number of aliphatic hydroxyl groups is 1. The van der Waals surface area contributed by atoms with Gasteiger partial charge in [0.2, 0.25) is 0 Å². The second-order valence-electron chi connectivity index (χ2n) is 12.0. The Bertz CT molecular complexity index is 990. The molecule has 2 saturated carbocycles. The highest BCUT2D eigenvalue weighted by atomic mass is 16.5. The molecule has 206 valence electrons. The van der Waals surface area contributed by atoms with Crippen LogP contribution in [-0.2, 0) is 4.79 Å². The minimum atomic E-state index is -0.598. The van der Waals surface area contributed by atoms with Gasteiger partial charge in [-0.15, -0.1) is 0 Å². The van der Waals surface area contributed by atoms with Crippen LogP contribution in [0.5, 0.6) is 5.75 Å². The molecule has 0 saturated heterocycles. The van der Waals surface area contributed by atoms with E-state index in [0.717, 1.165) is 23.3 Å². The number of unbranched alkanes of at least 4 members (excludes halogenated alkanes) is 2. The van der Waals surface area contributed by atoms with Crippen molar-refractivity contribution in [3.63, 3.8) is 0 Å². The summed E-state index contributed by atoms with van der Waals surface area (Å²) in [7, 11) is 0. The summed E-state index contributed by atoms with van der Waals surface area (Å²) in [6.07, 6.45) is 20.0.